The minimum Gasteiger partial charge on any atom is -0.336 e. The van der Waals surface area contributed by atoms with Crippen LogP contribution in [0.15, 0.2) is 18.7 Å². The lowest BCUT2D eigenvalue weighted by molar-refractivity contribution is 0.620. The number of nitrogens with two attached hydrogens (primary N) is 1. The largest absolute Gasteiger partial charge is 0.336 e. The van der Waals surface area contributed by atoms with Crippen LogP contribution < -0.4 is 5.73 Å². The summed E-state index contributed by atoms with van der Waals surface area (Å²) in [5.74, 6) is 0. The van der Waals surface area contributed by atoms with Crippen LogP contribution >= 0.6 is 0 Å². The summed E-state index contributed by atoms with van der Waals surface area (Å²) in [6, 6.07) is 0. The molecule has 2 aromatic heterocycles. The smallest absolute Gasteiger partial charge is 0.0946 e. The molecule has 0 amide bonds. The van der Waals surface area contributed by atoms with Gasteiger partial charge >= 0.3 is 0 Å². The molecule has 6 heteroatoms. The van der Waals surface area contributed by atoms with Gasteiger partial charge in [-0.3, -0.25) is 0 Å². The highest BCUT2D eigenvalue weighted by Gasteiger charge is 2.03. The normalized spacial score (nSPS) is 10.9. The Hall–Kier alpha value is -1.69. The molecule has 0 aliphatic carbocycles. The standard InChI is InChI=1S/C11H18N6/c1-16-9-13-6-11(16)8-17-7-10(14-15-17)4-2-3-5-12/h6-7,9H,2-5,8,12H2,1H3. The second-order valence-corrected chi connectivity index (χ2v) is 4.15. The maximum absolute atomic E-state index is 5.45. The molecule has 0 unspecified atom stereocenters. The Morgan fingerprint density at radius 1 is 1.35 bits per heavy atom. The van der Waals surface area contributed by atoms with Gasteiger partial charge in [-0.05, 0) is 25.8 Å². The Morgan fingerprint density at radius 3 is 2.94 bits per heavy atom. The number of aryl methyl sites for hydroxylation is 2. The molecule has 0 bridgehead atoms. The summed E-state index contributed by atoms with van der Waals surface area (Å²) in [4.78, 5) is 4.07. The van der Waals surface area contributed by atoms with Gasteiger partial charge in [0.2, 0.25) is 0 Å². The van der Waals surface area contributed by atoms with Crippen LogP contribution in [-0.4, -0.2) is 31.1 Å². The van der Waals surface area contributed by atoms with E-state index in [4.69, 9.17) is 5.73 Å². The molecule has 0 fully saturated rings. The molecule has 2 heterocycles. The van der Waals surface area contributed by atoms with E-state index in [9.17, 15) is 0 Å². The molecule has 17 heavy (non-hydrogen) atoms. The van der Waals surface area contributed by atoms with Crippen molar-refractivity contribution in [3.05, 3.63) is 30.1 Å². The lowest BCUT2D eigenvalue weighted by Gasteiger charge is -2.00. The van der Waals surface area contributed by atoms with Crippen LogP contribution in [0.4, 0.5) is 0 Å². The number of hydrogen-bond acceptors (Lipinski definition) is 4. The molecule has 0 atom stereocenters. The summed E-state index contributed by atoms with van der Waals surface area (Å²) >= 11 is 0. The SMILES string of the molecule is Cn1cncc1Cn1cc(CCCCN)nn1. The maximum Gasteiger partial charge on any atom is 0.0946 e. The minimum atomic E-state index is 0.709. The van der Waals surface area contributed by atoms with E-state index in [1.807, 2.05) is 28.7 Å². The van der Waals surface area contributed by atoms with Crippen molar-refractivity contribution in [3.8, 4) is 0 Å². The first-order valence-electron chi connectivity index (χ1n) is 5.84. The molecule has 0 saturated carbocycles. The number of imidazole rings is 1. The van der Waals surface area contributed by atoms with Crippen molar-refractivity contribution in [1.82, 2.24) is 24.5 Å². The minimum absolute atomic E-state index is 0.709. The number of nitrogens with zero attached hydrogens (tertiary/aromatic N) is 5. The Labute approximate surface area is 100 Å². The van der Waals surface area contributed by atoms with E-state index in [0.717, 1.165) is 37.2 Å². The lowest BCUT2D eigenvalue weighted by Crippen LogP contribution is -2.04. The molecule has 0 aromatic carbocycles. The molecular weight excluding hydrogens is 216 g/mol. The second kappa shape index (κ2) is 5.58. The Bertz CT molecular complexity index is 458. The lowest BCUT2D eigenvalue weighted by atomic mass is 10.2. The summed E-state index contributed by atoms with van der Waals surface area (Å²) in [6.07, 6.45) is 8.67. The summed E-state index contributed by atoms with van der Waals surface area (Å²) in [7, 11) is 1.97. The Balaban J connectivity index is 1.92. The van der Waals surface area contributed by atoms with Gasteiger partial charge in [0.1, 0.15) is 0 Å². The highest BCUT2D eigenvalue weighted by Crippen LogP contribution is 2.03. The molecule has 2 rings (SSSR count). The maximum atomic E-state index is 5.45. The zero-order chi connectivity index (χ0) is 12.1. The summed E-state index contributed by atoms with van der Waals surface area (Å²) < 4.78 is 3.82. The van der Waals surface area contributed by atoms with Crippen molar-refractivity contribution in [2.24, 2.45) is 12.8 Å². The van der Waals surface area contributed by atoms with Gasteiger partial charge in [0.15, 0.2) is 0 Å². The molecular formula is C11H18N6. The van der Waals surface area contributed by atoms with E-state index < -0.39 is 0 Å². The monoisotopic (exact) mass is 234 g/mol. The Kier molecular flexibility index (Phi) is 3.87. The Morgan fingerprint density at radius 2 is 2.24 bits per heavy atom. The predicted molar refractivity (Wildman–Crippen MR) is 64.3 cm³/mol. The van der Waals surface area contributed by atoms with Crippen LogP contribution in [0.1, 0.15) is 24.2 Å². The molecule has 0 saturated heterocycles. The molecule has 2 aromatic rings. The third-order valence-corrected chi connectivity index (χ3v) is 2.71. The summed E-state index contributed by atoms with van der Waals surface area (Å²) in [5.41, 5.74) is 7.60. The molecule has 92 valence electrons. The first-order chi connectivity index (χ1) is 8.29. The van der Waals surface area contributed by atoms with Gasteiger partial charge in [-0.2, -0.15) is 0 Å². The number of aromatic nitrogens is 5. The molecule has 0 aliphatic heterocycles. The third-order valence-electron chi connectivity index (χ3n) is 2.71. The van der Waals surface area contributed by atoms with E-state index >= 15 is 0 Å². The molecule has 0 spiro atoms. The third kappa shape index (κ3) is 3.13. The zero-order valence-electron chi connectivity index (χ0n) is 10.1. The van der Waals surface area contributed by atoms with Crippen molar-refractivity contribution in [1.29, 1.82) is 0 Å². The van der Waals surface area contributed by atoms with Gasteiger partial charge in [-0.15, -0.1) is 5.10 Å². The van der Waals surface area contributed by atoms with Crippen molar-refractivity contribution >= 4 is 0 Å². The van der Waals surface area contributed by atoms with E-state index in [-0.39, 0.29) is 0 Å². The van der Waals surface area contributed by atoms with E-state index in [0.29, 0.717) is 6.54 Å². The summed E-state index contributed by atoms with van der Waals surface area (Å²) in [6.45, 7) is 1.45. The molecule has 2 N–H and O–H groups in total. The fourth-order valence-corrected chi connectivity index (χ4v) is 1.68. The fourth-order valence-electron chi connectivity index (χ4n) is 1.68. The molecule has 6 nitrogen and oxygen atoms in total. The predicted octanol–water partition coefficient (Wildman–Crippen LogP) is 0.341. The first-order valence-corrected chi connectivity index (χ1v) is 5.84. The van der Waals surface area contributed by atoms with Crippen molar-refractivity contribution in [3.63, 3.8) is 0 Å². The van der Waals surface area contributed by atoms with Gasteiger partial charge < -0.3 is 10.3 Å². The summed E-state index contributed by atoms with van der Waals surface area (Å²) in [5, 5.41) is 8.25. The van der Waals surface area contributed by atoms with Crippen LogP contribution in [0.5, 0.6) is 0 Å². The quantitative estimate of drug-likeness (QED) is 0.731. The van der Waals surface area contributed by atoms with Crippen LogP contribution in [0.25, 0.3) is 0 Å². The second-order valence-electron chi connectivity index (χ2n) is 4.15. The van der Waals surface area contributed by atoms with Gasteiger partial charge in [0.25, 0.3) is 0 Å². The van der Waals surface area contributed by atoms with Crippen LogP contribution in [0.3, 0.4) is 0 Å². The average molecular weight is 234 g/mol. The number of unbranched alkanes of at least 4 members (excludes halogenated alkanes) is 1. The zero-order valence-corrected chi connectivity index (χ0v) is 10.1. The molecule has 0 aliphatic rings. The highest BCUT2D eigenvalue weighted by molar-refractivity contribution is 5.00. The van der Waals surface area contributed by atoms with Crippen molar-refractivity contribution < 1.29 is 0 Å². The topological polar surface area (TPSA) is 74.5 Å². The number of rotatable bonds is 6. The van der Waals surface area contributed by atoms with Gasteiger partial charge in [-0.1, -0.05) is 5.21 Å². The van der Waals surface area contributed by atoms with E-state index in [1.165, 1.54) is 0 Å². The van der Waals surface area contributed by atoms with Crippen molar-refractivity contribution in [2.75, 3.05) is 6.54 Å². The van der Waals surface area contributed by atoms with Gasteiger partial charge in [0.05, 0.1) is 30.5 Å². The van der Waals surface area contributed by atoms with Gasteiger partial charge in [-0.25, -0.2) is 9.67 Å². The van der Waals surface area contributed by atoms with Crippen LogP contribution in [0, 0.1) is 0 Å². The highest BCUT2D eigenvalue weighted by atomic mass is 15.4. The van der Waals surface area contributed by atoms with E-state index in [2.05, 4.69) is 15.3 Å². The average Bonchev–Trinajstić information content (AvgIpc) is 2.91. The van der Waals surface area contributed by atoms with Gasteiger partial charge in [0, 0.05) is 13.2 Å². The number of hydrogen-bond donors (Lipinski definition) is 1. The van der Waals surface area contributed by atoms with Crippen LogP contribution in [0.2, 0.25) is 0 Å². The fraction of sp³-hybridized carbons (Fsp3) is 0.545. The van der Waals surface area contributed by atoms with Crippen molar-refractivity contribution in [2.45, 2.75) is 25.8 Å². The molecule has 0 radical (unpaired) electrons. The van der Waals surface area contributed by atoms with Crippen LogP contribution in [-0.2, 0) is 20.0 Å². The van der Waals surface area contributed by atoms with E-state index in [1.54, 1.807) is 6.33 Å². The first kappa shape index (κ1) is 11.8.